The van der Waals surface area contributed by atoms with Crippen LogP contribution in [0.5, 0.6) is 5.75 Å². The number of nitrogens with zero attached hydrogens (tertiary/aromatic N) is 1. The fraction of sp³-hybridized carbons (Fsp3) is 0.321. The van der Waals surface area contributed by atoms with Gasteiger partial charge < -0.3 is 15.3 Å². The molecule has 0 aromatic heterocycles. The van der Waals surface area contributed by atoms with Crippen LogP contribution in [0.4, 0.5) is 5.69 Å². The third-order valence-corrected chi connectivity index (χ3v) is 7.53. The smallest absolute Gasteiger partial charge is 0.255 e. The molecule has 3 unspecified atom stereocenters. The van der Waals surface area contributed by atoms with E-state index in [4.69, 9.17) is 0 Å². The minimum absolute atomic E-state index is 0.0658. The molecule has 4 nitrogen and oxygen atoms in total. The molecule has 4 heteroatoms. The number of hydrogen-bond donors (Lipinski definition) is 2. The standard InChI is InChI=1S/C28H28N2O2/c31-24-15-14-18-8-2-3-9-19(18)25(24)27-22-12-6-10-20(22)21-11-7-13-23(26(21)29-27)28(32)30-16-4-1-5-17-30/h2-3,6-11,13-15,20,22,27,29,31H,1,4-5,12,16-17H2. The normalized spacial score (nSPS) is 24.1. The van der Waals surface area contributed by atoms with E-state index in [-0.39, 0.29) is 17.9 Å². The number of piperidine rings is 1. The number of amides is 1. The van der Waals surface area contributed by atoms with Gasteiger partial charge in [-0.1, -0.05) is 54.6 Å². The van der Waals surface area contributed by atoms with Crippen molar-refractivity contribution >= 4 is 22.4 Å². The molecule has 1 aliphatic carbocycles. The maximum absolute atomic E-state index is 13.5. The molecular formula is C28H28N2O2. The second-order valence-corrected chi connectivity index (χ2v) is 9.32. The van der Waals surface area contributed by atoms with E-state index in [0.29, 0.717) is 11.7 Å². The molecule has 0 spiro atoms. The highest BCUT2D eigenvalue weighted by molar-refractivity contribution is 6.01. The average molecular weight is 425 g/mol. The quantitative estimate of drug-likeness (QED) is 0.496. The van der Waals surface area contributed by atoms with Gasteiger partial charge in [0, 0.05) is 24.6 Å². The van der Waals surface area contributed by atoms with Gasteiger partial charge in [-0.2, -0.15) is 0 Å². The summed E-state index contributed by atoms with van der Waals surface area (Å²) in [5.41, 5.74) is 3.83. The molecule has 1 fully saturated rings. The zero-order valence-corrected chi connectivity index (χ0v) is 18.1. The van der Waals surface area contributed by atoms with Crippen molar-refractivity contribution in [2.24, 2.45) is 5.92 Å². The van der Waals surface area contributed by atoms with Crippen molar-refractivity contribution in [3.8, 4) is 5.75 Å². The molecular weight excluding hydrogens is 396 g/mol. The summed E-state index contributed by atoms with van der Waals surface area (Å²) in [6, 6.07) is 18.1. The number of phenolic OH excluding ortho intramolecular Hbond substituents is 1. The second kappa shape index (κ2) is 7.70. The number of phenols is 1. The molecule has 1 amide bonds. The first-order valence-electron chi connectivity index (χ1n) is 11.8. The van der Waals surface area contributed by atoms with Crippen LogP contribution in [-0.4, -0.2) is 29.0 Å². The number of fused-ring (bicyclic) bond motifs is 4. The molecule has 1 saturated heterocycles. The van der Waals surface area contributed by atoms with Crippen molar-refractivity contribution < 1.29 is 9.90 Å². The van der Waals surface area contributed by atoms with Crippen molar-refractivity contribution in [1.29, 1.82) is 0 Å². The third kappa shape index (κ3) is 3.01. The Bertz CT molecular complexity index is 1230. The Balaban J connectivity index is 1.48. The lowest BCUT2D eigenvalue weighted by Gasteiger charge is -2.39. The lowest BCUT2D eigenvalue weighted by atomic mass is 9.75. The molecule has 2 aliphatic heterocycles. The maximum atomic E-state index is 13.5. The SMILES string of the molecule is O=C(c1cccc2c1NC(c1c(O)ccc3ccccc13)C1CC=CC21)N1CCCCC1. The minimum atomic E-state index is -0.0658. The summed E-state index contributed by atoms with van der Waals surface area (Å²) >= 11 is 0. The van der Waals surface area contributed by atoms with E-state index in [1.165, 1.54) is 12.0 Å². The van der Waals surface area contributed by atoms with Crippen LogP contribution in [0.25, 0.3) is 10.8 Å². The third-order valence-electron chi connectivity index (χ3n) is 7.53. The first-order valence-corrected chi connectivity index (χ1v) is 11.8. The summed E-state index contributed by atoms with van der Waals surface area (Å²) in [4.78, 5) is 15.5. The number of nitrogens with one attached hydrogen (secondary N) is 1. The van der Waals surface area contributed by atoms with Gasteiger partial charge in [-0.3, -0.25) is 4.79 Å². The van der Waals surface area contributed by atoms with Crippen LogP contribution in [-0.2, 0) is 0 Å². The zero-order chi connectivity index (χ0) is 21.7. The van der Waals surface area contributed by atoms with Gasteiger partial charge in [0.2, 0.25) is 0 Å². The van der Waals surface area contributed by atoms with Gasteiger partial charge in [0.1, 0.15) is 5.75 Å². The number of likely N-dealkylation sites (tertiary alicyclic amines) is 1. The highest BCUT2D eigenvalue weighted by Crippen LogP contribution is 2.53. The predicted octanol–water partition coefficient (Wildman–Crippen LogP) is 6.00. The van der Waals surface area contributed by atoms with E-state index in [1.54, 1.807) is 6.07 Å². The fourth-order valence-corrected chi connectivity index (χ4v) is 5.96. The summed E-state index contributed by atoms with van der Waals surface area (Å²) in [6.45, 7) is 1.67. The lowest BCUT2D eigenvalue weighted by molar-refractivity contribution is 0.0725. The Morgan fingerprint density at radius 2 is 1.81 bits per heavy atom. The Morgan fingerprint density at radius 1 is 0.969 bits per heavy atom. The van der Waals surface area contributed by atoms with Gasteiger partial charge in [-0.15, -0.1) is 0 Å². The summed E-state index contributed by atoms with van der Waals surface area (Å²) in [5, 5.41) is 16.9. The molecule has 32 heavy (non-hydrogen) atoms. The molecule has 2 N–H and O–H groups in total. The fourth-order valence-electron chi connectivity index (χ4n) is 5.96. The minimum Gasteiger partial charge on any atom is -0.508 e. The number of benzene rings is 3. The van der Waals surface area contributed by atoms with Crippen molar-refractivity contribution in [3.05, 3.63) is 83.4 Å². The summed E-state index contributed by atoms with van der Waals surface area (Å²) in [6.07, 6.45) is 8.85. The second-order valence-electron chi connectivity index (χ2n) is 9.32. The Labute approximate surface area is 188 Å². The maximum Gasteiger partial charge on any atom is 0.255 e. The van der Waals surface area contributed by atoms with Gasteiger partial charge in [0.05, 0.1) is 17.3 Å². The van der Waals surface area contributed by atoms with Crippen molar-refractivity contribution in [2.45, 2.75) is 37.6 Å². The molecule has 0 radical (unpaired) electrons. The van der Waals surface area contributed by atoms with Crippen molar-refractivity contribution in [1.82, 2.24) is 4.90 Å². The number of anilines is 1. The Morgan fingerprint density at radius 3 is 2.69 bits per heavy atom. The highest BCUT2D eigenvalue weighted by atomic mass is 16.3. The molecule has 3 aromatic carbocycles. The van der Waals surface area contributed by atoms with E-state index in [0.717, 1.165) is 59.9 Å². The summed E-state index contributed by atoms with van der Waals surface area (Å²) < 4.78 is 0. The van der Waals surface area contributed by atoms with E-state index in [9.17, 15) is 9.90 Å². The van der Waals surface area contributed by atoms with Gasteiger partial charge in [-0.25, -0.2) is 0 Å². The molecule has 3 aromatic rings. The molecule has 162 valence electrons. The van der Waals surface area contributed by atoms with Crippen LogP contribution in [0.2, 0.25) is 0 Å². The summed E-state index contributed by atoms with van der Waals surface area (Å²) in [7, 11) is 0. The largest absolute Gasteiger partial charge is 0.508 e. The topological polar surface area (TPSA) is 52.6 Å². The van der Waals surface area contributed by atoms with E-state index in [1.807, 2.05) is 35.2 Å². The van der Waals surface area contributed by atoms with Crippen LogP contribution in [0.1, 0.15) is 59.1 Å². The van der Waals surface area contributed by atoms with Crippen molar-refractivity contribution in [2.75, 3.05) is 18.4 Å². The van der Waals surface area contributed by atoms with Crippen LogP contribution >= 0.6 is 0 Å². The number of carbonyl (C=O) groups excluding carboxylic acids is 1. The molecule has 2 heterocycles. The first-order chi connectivity index (χ1) is 15.7. The van der Waals surface area contributed by atoms with Crippen LogP contribution < -0.4 is 5.32 Å². The molecule has 3 atom stereocenters. The first kappa shape index (κ1) is 19.4. The Kier molecular flexibility index (Phi) is 4.67. The van der Waals surface area contributed by atoms with Gasteiger partial charge in [-0.05, 0) is 60.1 Å². The highest BCUT2D eigenvalue weighted by Gasteiger charge is 2.41. The molecule has 0 bridgehead atoms. The number of aromatic hydroxyl groups is 1. The average Bonchev–Trinajstić information content (AvgIpc) is 3.34. The molecule has 0 saturated carbocycles. The Hall–Kier alpha value is -3.27. The van der Waals surface area contributed by atoms with E-state index in [2.05, 4.69) is 35.7 Å². The van der Waals surface area contributed by atoms with Gasteiger partial charge in [0.25, 0.3) is 5.91 Å². The number of carbonyl (C=O) groups is 1. The zero-order valence-electron chi connectivity index (χ0n) is 18.1. The summed E-state index contributed by atoms with van der Waals surface area (Å²) in [5.74, 6) is 0.980. The number of allylic oxidation sites excluding steroid dienone is 2. The van der Waals surface area contributed by atoms with Crippen molar-refractivity contribution in [3.63, 3.8) is 0 Å². The van der Waals surface area contributed by atoms with E-state index >= 15 is 0 Å². The number of hydrogen-bond acceptors (Lipinski definition) is 3. The predicted molar refractivity (Wildman–Crippen MR) is 128 cm³/mol. The van der Waals surface area contributed by atoms with E-state index < -0.39 is 0 Å². The monoisotopic (exact) mass is 424 g/mol. The molecule has 6 rings (SSSR count). The van der Waals surface area contributed by atoms with Gasteiger partial charge in [0.15, 0.2) is 0 Å². The van der Waals surface area contributed by atoms with Crippen LogP contribution in [0, 0.1) is 5.92 Å². The number of para-hydroxylation sites is 1. The van der Waals surface area contributed by atoms with Crippen LogP contribution in [0.3, 0.4) is 0 Å². The number of rotatable bonds is 2. The van der Waals surface area contributed by atoms with Crippen LogP contribution in [0.15, 0.2) is 66.7 Å². The van der Waals surface area contributed by atoms with Gasteiger partial charge >= 0.3 is 0 Å². The lowest BCUT2D eigenvalue weighted by Crippen LogP contribution is -2.37. The molecule has 3 aliphatic rings.